The quantitative estimate of drug-likeness (QED) is 0.807. The van der Waals surface area contributed by atoms with Gasteiger partial charge in [-0.25, -0.2) is 0 Å². The third-order valence-electron chi connectivity index (χ3n) is 5.56. The van der Waals surface area contributed by atoms with Gasteiger partial charge in [-0.05, 0) is 62.3 Å². The Kier molecular flexibility index (Phi) is 4.87. The van der Waals surface area contributed by atoms with Crippen molar-refractivity contribution in [1.82, 2.24) is 15.1 Å². The van der Waals surface area contributed by atoms with Crippen LogP contribution in [0.15, 0.2) is 28.7 Å². The summed E-state index contributed by atoms with van der Waals surface area (Å²) in [5.41, 5.74) is 0.931. The van der Waals surface area contributed by atoms with Gasteiger partial charge in [-0.2, -0.15) is 0 Å². The first-order valence-electron chi connectivity index (χ1n) is 9.48. The molecule has 1 saturated heterocycles. The van der Waals surface area contributed by atoms with Crippen LogP contribution < -0.4 is 10.1 Å². The van der Waals surface area contributed by atoms with Gasteiger partial charge in [0, 0.05) is 18.7 Å². The molecule has 1 amide bonds. The summed E-state index contributed by atoms with van der Waals surface area (Å²) in [5.74, 6) is -0.235. The number of ether oxygens (including phenoxy) is 1. The van der Waals surface area contributed by atoms with E-state index in [9.17, 15) is 18.0 Å². The van der Waals surface area contributed by atoms with Crippen molar-refractivity contribution in [2.24, 2.45) is 5.41 Å². The van der Waals surface area contributed by atoms with Crippen LogP contribution in [0, 0.1) is 5.41 Å². The molecule has 29 heavy (non-hydrogen) atoms. The topological polar surface area (TPSA) is 80.5 Å². The number of hydrogen-bond donors (Lipinski definition) is 1. The molecule has 10 heteroatoms. The fourth-order valence-corrected chi connectivity index (χ4v) is 3.60. The molecule has 1 aromatic carbocycles. The number of amides is 1. The highest BCUT2D eigenvalue weighted by Crippen LogP contribution is 2.53. The second-order valence-electron chi connectivity index (χ2n) is 7.68. The van der Waals surface area contributed by atoms with E-state index in [1.165, 1.54) is 25.0 Å². The number of carbonyl (C=O) groups is 1. The minimum atomic E-state index is -4.75. The minimum absolute atomic E-state index is 0.0195. The van der Waals surface area contributed by atoms with Gasteiger partial charge < -0.3 is 19.4 Å². The van der Waals surface area contributed by atoms with E-state index in [1.807, 2.05) is 4.90 Å². The van der Waals surface area contributed by atoms with E-state index in [4.69, 9.17) is 4.42 Å². The maximum Gasteiger partial charge on any atom is 0.573 e. The third kappa shape index (κ3) is 4.63. The second-order valence-corrected chi connectivity index (χ2v) is 7.68. The highest BCUT2D eigenvalue weighted by atomic mass is 19.4. The number of hydrogen-bond acceptors (Lipinski definition) is 6. The highest BCUT2D eigenvalue weighted by Gasteiger charge is 2.45. The molecule has 1 spiro atoms. The Labute approximate surface area is 165 Å². The molecule has 4 rings (SSSR count). The van der Waals surface area contributed by atoms with Crippen LogP contribution in [-0.2, 0) is 4.79 Å². The van der Waals surface area contributed by atoms with Crippen molar-refractivity contribution < 1.29 is 27.1 Å². The van der Waals surface area contributed by atoms with Crippen LogP contribution >= 0.6 is 0 Å². The summed E-state index contributed by atoms with van der Waals surface area (Å²) >= 11 is 0. The van der Waals surface area contributed by atoms with Crippen molar-refractivity contribution in [2.75, 3.05) is 18.4 Å². The van der Waals surface area contributed by atoms with Crippen LogP contribution in [0.4, 0.5) is 19.2 Å². The van der Waals surface area contributed by atoms with E-state index in [0.717, 1.165) is 38.1 Å². The standard InChI is InChI=1S/C19H21F3N4O3/c1-12(16(27)26-10-8-18(6-7-18)9-11-26)23-17-25-24-15(28-17)13-2-4-14(5-3-13)29-19(20,21)22/h2-5,12H,6-11H2,1H3,(H,23,25)/t12-/m0/s1. The lowest BCUT2D eigenvalue weighted by molar-refractivity contribution is -0.274. The number of nitrogens with one attached hydrogen (secondary N) is 1. The summed E-state index contributed by atoms with van der Waals surface area (Å²) in [6, 6.07) is 4.64. The molecule has 2 aromatic rings. The number of benzene rings is 1. The lowest BCUT2D eigenvalue weighted by Gasteiger charge is -2.33. The van der Waals surface area contributed by atoms with Gasteiger partial charge in [0.15, 0.2) is 0 Å². The van der Waals surface area contributed by atoms with E-state index < -0.39 is 12.4 Å². The van der Waals surface area contributed by atoms with Gasteiger partial charge in [-0.1, -0.05) is 5.10 Å². The van der Waals surface area contributed by atoms with Crippen LogP contribution in [0.1, 0.15) is 32.6 Å². The molecule has 2 fully saturated rings. The fraction of sp³-hybridized carbons (Fsp3) is 0.526. The summed E-state index contributed by atoms with van der Waals surface area (Å²) in [6.45, 7) is 3.27. The van der Waals surface area contributed by atoms with E-state index >= 15 is 0 Å². The zero-order valence-electron chi connectivity index (χ0n) is 15.8. The lowest BCUT2D eigenvalue weighted by Crippen LogP contribution is -2.45. The SMILES string of the molecule is C[C@H](Nc1nnc(-c2ccc(OC(F)(F)F)cc2)o1)C(=O)N1CCC2(CC1)CC2. The molecule has 1 N–H and O–H groups in total. The van der Waals surface area contributed by atoms with Gasteiger partial charge >= 0.3 is 12.4 Å². The number of nitrogens with zero attached hydrogens (tertiary/aromatic N) is 3. The maximum atomic E-state index is 12.6. The van der Waals surface area contributed by atoms with Gasteiger partial charge in [-0.3, -0.25) is 4.79 Å². The molecule has 1 aliphatic heterocycles. The molecule has 0 unspecified atom stereocenters. The van der Waals surface area contributed by atoms with Crippen molar-refractivity contribution in [3.8, 4) is 17.2 Å². The Morgan fingerprint density at radius 2 is 1.83 bits per heavy atom. The Morgan fingerprint density at radius 1 is 1.17 bits per heavy atom. The zero-order chi connectivity index (χ0) is 20.6. The van der Waals surface area contributed by atoms with Crippen molar-refractivity contribution in [1.29, 1.82) is 0 Å². The molecule has 2 heterocycles. The first-order chi connectivity index (χ1) is 13.7. The largest absolute Gasteiger partial charge is 0.573 e. The van der Waals surface area contributed by atoms with Gasteiger partial charge in [0.05, 0.1) is 0 Å². The number of rotatable bonds is 5. The maximum absolute atomic E-state index is 12.6. The molecular weight excluding hydrogens is 389 g/mol. The molecule has 1 aromatic heterocycles. The summed E-state index contributed by atoms with van der Waals surface area (Å²) in [6.07, 6.45) is -0.0817. The molecule has 2 aliphatic rings. The summed E-state index contributed by atoms with van der Waals surface area (Å²) in [4.78, 5) is 14.5. The average Bonchev–Trinajstić information content (AvgIpc) is 3.26. The predicted octanol–water partition coefficient (Wildman–Crippen LogP) is 3.84. The van der Waals surface area contributed by atoms with Gasteiger partial charge in [0.25, 0.3) is 0 Å². The number of likely N-dealkylation sites (tertiary alicyclic amines) is 1. The van der Waals surface area contributed by atoms with E-state index in [-0.39, 0.29) is 23.6 Å². The van der Waals surface area contributed by atoms with Crippen LogP contribution in [-0.4, -0.2) is 46.5 Å². The number of halogens is 3. The molecule has 156 valence electrons. The summed E-state index contributed by atoms with van der Waals surface area (Å²) in [5, 5.41) is 10.6. The third-order valence-corrected chi connectivity index (χ3v) is 5.56. The Hall–Kier alpha value is -2.78. The first-order valence-corrected chi connectivity index (χ1v) is 9.48. The van der Waals surface area contributed by atoms with E-state index in [2.05, 4.69) is 20.3 Å². The van der Waals surface area contributed by atoms with Crippen LogP contribution in [0.25, 0.3) is 11.5 Å². The van der Waals surface area contributed by atoms with Crippen LogP contribution in [0.5, 0.6) is 5.75 Å². The van der Waals surface area contributed by atoms with Gasteiger partial charge in [0.1, 0.15) is 11.8 Å². The van der Waals surface area contributed by atoms with Crippen molar-refractivity contribution in [2.45, 2.75) is 45.0 Å². The van der Waals surface area contributed by atoms with Gasteiger partial charge in [-0.15, -0.1) is 18.3 Å². The first kappa shape index (κ1) is 19.5. The van der Waals surface area contributed by atoms with Gasteiger partial charge in [0.2, 0.25) is 11.8 Å². The minimum Gasteiger partial charge on any atom is -0.406 e. The number of aromatic nitrogens is 2. The molecular formula is C19H21F3N4O3. The van der Waals surface area contributed by atoms with E-state index in [0.29, 0.717) is 11.0 Å². The molecule has 1 atom stereocenters. The van der Waals surface area contributed by atoms with Crippen molar-refractivity contribution in [3.05, 3.63) is 24.3 Å². The molecule has 0 bridgehead atoms. The molecule has 1 aliphatic carbocycles. The highest BCUT2D eigenvalue weighted by molar-refractivity contribution is 5.83. The zero-order valence-corrected chi connectivity index (χ0v) is 15.8. The van der Waals surface area contributed by atoms with E-state index in [1.54, 1.807) is 6.92 Å². The fourth-order valence-electron chi connectivity index (χ4n) is 3.60. The normalized spacial score (nSPS) is 19.1. The average molecular weight is 410 g/mol. The number of piperidine rings is 1. The Morgan fingerprint density at radius 3 is 2.41 bits per heavy atom. The Bertz CT molecular complexity index is 868. The second kappa shape index (κ2) is 7.23. The number of carbonyl (C=O) groups excluding carboxylic acids is 1. The van der Waals surface area contributed by atoms with Crippen LogP contribution in [0.2, 0.25) is 0 Å². The van der Waals surface area contributed by atoms with Crippen molar-refractivity contribution >= 4 is 11.9 Å². The number of anilines is 1. The predicted molar refractivity (Wildman–Crippen MR) is 97.0 cm³/mol. The monoisotopic (exact) mass is 410 g/mol. The molecule has 1 saturated carbocycles. The number of alkyl halides is 3. The van der Waals surface area contributed by atoms with Crippen molar-refractivity contribution in [3.63, 3.8) is 0 Å². The molecule has 0 radical (unpaired) electrons. The molecule has 7 nitrogen and oxygen atoms in total. The van der Waals surface area contributed by atoms with Crippen LogP contribution in [0.3, 0.4) is 0 Å². The summed E-state index contributed by atoms with van der Waals surface area (Å²) in [7, 11) is 0. The Balaban J connectivity index is 1.34. The lowest BCUT2D eigenvalue weighted by atomic mass is 9.93. The smallest absolute Gasteiger partial charge is 0.406 e. The summed E-state index contributed by atoms with van der Waals surface area (Å²) < 4.78 is 46.0.